The molecular weight excluding hydrogens is 336 g/mol. The van der Waals surface area contributed by atoms with Crippen molar-refractivity contribution in [3.63, 3.8) is 0 Å². The fourth-order valence-corrected chi connectivity index (χ4v) is 4.71. The number of hydrogen-bond donors (Lipinski definition) is 1. The molecule has 1 aliphatic heterocycles. The first kappa shape index (κ1) is 18.4. The molecule has 3 heterocycles. The minimum absolute atomic E-state index is 0.201. The Balaban J connectivity index is 1.49. The first-order valence-electron chi connectivity index (χ1n) is 10.4. The molecule has 0 aromatic carbocycles. The quantitative estimate of drug-likeness (QED) is 0.849. The lowest BCUT2D eigenvalue weighted by Gasteiger charge is -2.40. The molecule has 27 heavy (non-hydrogen) atoms. The average Bonchev–Trinajstić information content (AvgIpc) is 3.25. The van der Waals surface area contributed by atoms with E-state index in [1.165, 1.54) is 49.1 Å². The van der Waals surface area contributed by atoms with Gasteiger partial charge in [0.25, 0.3) is 0 Å². The molecule has 146 valence electrons. The number of unbranched alkanes of at least 4 members (excludes halogenated alkanes) is 1. The number of rotatable bonds is 6. The molecule has 1 aliphatic carbocycles. The van der Waals surface area contributed by atoms with E-state index in [2.05, 4.69) is 33.0 Å². The lowest BCUT2D eigenvalue weighted by Crippen LogP contribution is -2.45. The van der Waals surface area contributed by atoms with Crippen LogP contribution in [-0.2, 0) is 24.8 Å². The van der Waals surface area contributed by atoms with Gasteiger partial charge in [0.05, 0.1) is 5.69 Å². The molecule has 2 aliphatic rings. The van der Waals surface area contributed by atoms with Gasteiger partial charge in [-0.2, -0.15) is 0 Å². The molecule has 1 spiro atoms. The zero-order chi connectivity index (χ0) is 18.9. The maximum atomic E-state index is 4.98. The summed E-state index contributed by atoms with van der Waals surface area (Å²) in [6.45, 7) is 5.43. The fraction of sp³-hybridized carbons (Fsp3) is 0.667. The number of aromatic amines is 1. The van der Waals surface area contributed by atoms with E-state index in [1.54, 1.807) is 0 Å². The summed E-state index contributed by atoms with van der Waals surface area (Å²) in [5, 5.41) is 0. The number of fused-ring (bicyclic) bond motifs is 2. The summed E-state index contributed by atoms with van der Waals surface area (Å²) in [7, 11) is 4.04. The molecular formula is C21H32N6. The van der Waals surface area contributed by atoms with Crippen LogP contribution in [0, 0.1) is 0 Å². The second kappa shape index (κ2) is 7.58. The van der Waals surface area contributed by atoms with E-state index in [-0.39, 0.29) is 5.41 Å². The normalized spacial score (nSPS) is 22.3. The van der Waals surface area contributed by atoms with Crippen molar-refractivity contribution in [1.82, 2.24) is 24.8 Å². The number of H-pyrrole nitrogens is 1. The monoisotopic (exact) mass is 368 g/mol. The van der Waals surface area contributed by atoms with Crippen LogP contribution in [0.1, 0.15) is 61.8 Å². The number of nitrogens with one attached hydrogen (secondary N) is 1. The van der Waals surface area contributed by atoms with Crippen LogP contribution in [0.2, 0.25) is 0 Å². The second-order valence-corrected chi connectivity index (χ2v) is 8.49. The third-order valence-corrected chi connectivity index (χ3v) is 6.13. The van der Waals surface area contributed by atoms with Gasteiger partial charge in [-0.3, -0.25) is 4.90 Å². The topological polar surface area (TPSA) is 60.9 Å². The number of likely N-dealkylation sites (tertiary alicyclic amines) is 1. The highest BCUT2D eigenvalue weighted by molar-refractivity contribution is 5.39. The molecule has 2 aromatic rings. The lowest BCUT2D eigenvalue weighted by atomic mass is 9.77. The highest BCUT2D eigenvalue weighted by atomic mass is 15.2. The van der Waals surface area contributed by atoms with Crippen molar-refractivity contribution in [1.29, 1.82) is 0 Å². The van der Waals surface area contributed by atoms with Gasteiger partial charge in [0.2, 0.25) is 5.95 Å². The van der Waals surface area contributed by atoms with Crippen LogP contribution >= 0.6 is 0 Å². The Morgan fingerprint density at radius 1 is 1.22 bits per heavy atom. The van der Waals surface area contributed by atoms with Crippen molar-refractivity contribution in [3.8, 4) is 0 Å². The Bertz CT molecular complexity index is 779. The minimum Gasteiger partial charge on any atom is -0.347 e. The average molecular weight is 369 g/mol. The number of aryl methyl sites for hydroxylation is 2. The van der Waals surface area contributed by atoms with E-state index in [0.717, 1.165) is 44.2 Å². The Labute approximate surface area is 162 Å². The van der Waals surface area contributed by atoms with Gasteiger partial charge in [0, 0.05) is 57.1 Å². The molecule has 4 rings (SSSR count). The van der Waals surface area contributed by atoms with Crippen LogP contribution in [0.3, 0.4) is 0 Å². The maximum absolute atomic E-state index is 4.98. The van der Waals surface area contributed by atoms with Crippen LogP contribution < -0.4 is 4.90 Å². The summed E-state index contributed by atoms with van der Waals surface area (Å²) in [6.07, 6.45) is 12.3. The molecule has 0 saturated carbocycles. The largest absolute Gasteiger partial charge is 0.347 e. The maximum Gasteiger partial charge on any atom is 0.225 e. The molecule has 1 saturated heterocycles. The minimum atomic E-state index is 0.201. The molecule has 1 fully saturated rings. The van der Waals surface area contributed by atoms with E-state index in [9.17, 15) is 0 Å². The third-order valence-electron chi connectivity index (χ3n) is 6.13. The van der Waals surface area contributed by atoms with Gasteiger partial charge in [-0.25, -0.2) is 15.0 Å². The zero-order valence-corrected chi connectivity index (χ0v) is 17.0. The Hall–Kier alpha value is -1.95. The van der Waals surface area contributed by atoms with E-state index in [0.29, 0.717) is 0 Å². The summed E-state index contributed by atoms with van der Waals surface area (Å²) < 4.78 is 0. The number of hydrogen-bond acceptors (Lipinski definition) is 5. The predicted molar refractivity (Wildman–Crippen MR) is 108 cm³/mol. The summed E-state index contributed by atoms with van der Waals surface area (Å²) in [5.74, 6) is 1.97. The van der Waals surface area contributed by atoms with Gasteiger partial charge in [-0.05, 0) is 44.2 Å². The first-order valence-corrected chi connectivity index (χ1v) is 10.4. The van der Waals surface area contributed by atoms with Crippen LogP contribution in [0.25, 0.3) is 0 Å². The summed E-state index contributed by atoms with van der Waals surface area (Å²) in [5.41, 5.74) is 4.10. The van der Waals surface area contributed by atoms with Crippen LogP contribution in [0.5, 0.6) is 0 Å². The standard InChI is InChI=1S/C21H32N6/c1-4-5-7-18-22-13-17(24-18)14-27-11-6-9-21(15-27)10-8-16-12-23-20(26(2)3)25-19(16)21/h12-13H,4-11,14-15H2,1-3H3,(H,22,24). The molecule has 1 unspecified atom stereocenters. The summed E-state index contributed by atoms with van der Waals surface area (Å²) in [4.78, 5) is 22.2. The zero-order valence-electron chi connectivity index (χ0n) is 17.0. The predicted octanol–water partition coefficient (Wildman–Crippen LogP) is 3.09. The number of aromatic nitrogens is 4. The van der Waals surface area contributed by atoms with Crippen molar-refractivity contribution < 1.29 is 0 Å². The van der Waals surface area contributed by atoms with E-state index < -0.39 is 0 Å². The number of piperidine rings is 1. The Morgan fingerprint density at radius 3 is 2.93 bits per heavy atom. The number of imidazole rings is 1. The highest BCUT2D eigenvalue weighted by Crippen LogP contribution is 2.44. The molecule has 1 atom stereocenters. The summed E-state index contributed by atoms with van der Waals surface area (Å²) in [6, 6.07) is 0. The fourth-order valence-electron chi connectivity index (χ4n) is 4.71. The van der Waals surface area contributed by atoms with Gasteiger partial charge in [-0.15, -0.1) is 0 Å². The SMILES string of the molecule is CCCCc1ncc(CN2CCCC3(CCc4cnc(N(C)C)nc43)C2)[nH]1. The third kappa shape index (κ3) is 3.72. The van der Waals surface area contributed by atoms with Crippen molar-refractivity contribution in [2.75, 3.05) is 32.1 Å². The van der Waals surface area contributed by atoms with Gasteiger partial charge >= 0.3 is 0 Å². The van der Waals surface area contributed by atoms with E-state index >= 15 is 0 Å². The van der Waals surface area contributed by atoms with Crippen molar-refractivity contribution >= 4 is 5.95 Å². The molecule has 0 radical (unpaired) electrons. The number of anilines is 1. The molecule has 6 nitrogen and oxygen atoms in total. The first-order chi connectivity index (χ1) is 13.1. The van der Waals surface area contributed by atoms with Crippen LogP contribution in [-0.4, -0.2) is 52.0 Å². The van der Waals surface area contributed by atoms with Gasteiger partial charge in [0.15, 0.2) is 0 Å². The smallest absolute Gasteiger partial charge is 0.225 e. The van der Waals surface area contributed by atoms with Crippen molar-refractivity contribution in [3.05, 3.63) is 35.2 Å². The number of nitrogens with zero attached hydrogens (tertiary/aromatic N) is 5. The van der Waals surface area contributed by atoms with Crippen LogP contribution in [0.4, 0.5) is 5.95 Å². The molecule has 6 heteroatoms. The van der Waals surface area contributed by atoms with Gasteiger partial charge in [0.1, 0.15) is 5.82 Å². The Kier molecular flexibility index (Phi) is 5.17. The molecule has 0 amide bonds. The van der Waals surface area contributed by atoms with Crippen LogP contribution in [0.15, 0.2) is 12.4 Å². The lowest BCUT2D eigenvalue weighted by molar-refractivity contribution is 0.135. The summed E-state index contributed by atoms with van der Waals surface area (Å²) >= 11 is 0. The van der Waals surface area contributed by atoms with E-state index in [4.69, 9.17) is 4.98 Å². The molecule has 0 bridgehead atoms. The van der Waals surface area contributed by atoms with Crippen molar-refractivity contribution in [2.24, 2.45) is 0 Å². The molecule has 1 N–H and O–H groups in total. The Morgan fingerprint density at radius 2 is 2.11 bits per heavy atom. The second-order valence-electron chi connectivity index (χ2n) is 8.49. The van der Waals surface area contributed by atoms with E-state index in [1.807, 2.05) is 25.2 Å². The van der Waals surface area contributed by atoms with Gasteiger partial charge < -0.3 is 9.88 Å². The van der Waals surface area contributed by atoms with Crippen molar-refractivity contribution in [2.45, 2.75) is 63.8 Å². The highest BCUT2D eigenvalue weighted by Gasteiger charge is 2.43. The molecule has 2 aromatic heterocycles. The van der Waals surface area contributed by atoms with Gasteiger partial charge in [-0.1, -0.05) is 13.3 Å².